The Morgan fingerprint density at radius 3 is 2.51 bits per heavy atom. The lowest BCUT2D eigenvalue weighted by Crippen LogP contribution is -2.23. The van der Waals surface area contributed by atoms with Crippen LogP contribution < -0.4 is 5.32 Å². The quantitative estimate of drug-likeness (QED) is 0.256. The molecule has 4 nitrogen and oxygen atoms in total. The van der Waals surface area contributed by atoms with Crippen LogP contribution in [0.5, 0.6) is 0 Å². The van der Waals surface area contributed by atoms with Gasteiger partial charge in [0, 0.05) is 16.5 Å². The van der Waals surface area contributed by atoms with Gasteiger partial charge in [0.1, 0.15) is 11.5 Å². The smallest absolute Gasteiger partial charge is 0.346 e. The first-order chi connectivity index (χ1) is 16.4. The summed E-state index contributed by atoms with van der Waals surface area (Å²) in [6.07, 6.45) is -3.37. The van der Waals surface area contributed by atoms with Gasteiger partial charge in [0.25, 0.3) is 5.91 Å². The fraction of sp³-hybridized carbons (Fsp3) is 0.231. The number of alkyl halides is 3. The van der Waals surface area contributed by atoms with Crippen molar-refractivity contribution in [1.82, 2.24) is 14.7 Å². The number of nitrogens with one attached hydrogen (secondary N) is 1. The van der Waals surface area contributed by atoms with Gasteiger partial charge >= 0.3 is 6.18 Å². The number of rotatable bonds is 4. The predicted octanol–water partition coefficient (Wildman–Crippen LogP) is 6.55. The Bertz CT molecular complexity index is 1450. The lowest BCUT2D eigenvalue weighted by molar-refractivity contribution is -0.136. The molecule has 0 fully saturated rings. The number of hydrogen-bond donors (Lipinski definition) is 1. The van der Waals surface area contributed by atoms with Crippen LogP contribution in [0.2, 0.25) is 0 Å². The lowest BCUT2D eigenvalue weighted by Gasteiger charge is -2.12. The zero-order chi connectivity index (χ0) is 25.4. The molecule has 180 valence electrons. The number of pyridine rings is 1. The molecule has 4 aromatic rings. The van der Waals surface area contributed by atoms with Crippen LogP contribution in [0.3, 0.4) is 0 Å². The van der Waals surface area contributed by atoms with E-state index in [-0.39, 0.29) is 29.1 Å². The average Bonchev–Trinajstić information content (AvgIpc) is 3.42. The van der Waals surface area contributed by atoms with Crippen molar-refractivity contribution in [2.45, 2.75) is 33.5 Å². The summed E-state index contributed by atoms with van der Waals surface area (Å²) >= 11 is 1.44. The monoisotopic (exact) mass is 499 g/mol. The van der Waals surface area contributed by atoms with Gasteiger partial charge in [-0.05, 0) is 67.5 Å². The van der Waals surface area contributed by atoms with Crippen LogP contribution in [-0.2, 0) is 12.7 Å². The first-order valence-corrected chi connectivity index (χ1v) is 11.5. The molecule has 1 aromatic carbocycles. The number of benzene rings is 1. The number of nitrogens with zero attached hydrogens (tertiary/aromatic N) is 2. The molecule has 0 aliphatic heterocycles. The molecule has 0 spiro atoms. The van der Waals surface area contributed by atoms with Crippen molar-refractivity contribution < 1.29 is 22.4 Å². The third-order valence-corrected chi connectivity index (χ3v) is 5.83. The van der Waals surface area contributed by atoms with Gasteiger partial charge in [-0.25, -0.2) is 9.37 Å². The molecule has 1 N–H and O–H groups in total. The summed E-state index contributed by atoms with van der Waals surface area (Å²) in [6.45, 7) is 5.74. The molecule has 9 heteroatoms. The molecule has 1 amide bonds. The molecule has 0 unspecified atom stereocenters. The number of carbonyl (C=O) groups is 1. The van der Waals surface area contributed by atoms with Crippen LogP contribution in [0.25, 0.3) is 16.8 Å². The maximum Gasteiger partial charge on any atom is 0.420 e. The van der Waals surface area contributed by atoms with E-state index in [0.717, 1.165) is 17.0 Å². The van der Waals surface area contributed by atoms with Gasteiger partial charge in [0.2, 0.25) is 0 Å². The van der Waals surface area contributed by atoms with E-state index in [0.29, 0.717) is 0 Å². The van der Waals surface area contributed by atoms with E-state index in [1.54, 1.807) is 0 Å². The summed E-state index contributed by atoms with van der Waals surface area (Å²) in [4.78, 5) is 18.0. The Balaban J connectivity index is 1.94. The second kappa shape index (κ2) is 9.19. The Morgan fingerprint density at radius 1 is 1.11 bits per heavy atom. The Hall–Kier alpha value is -3.64. The van der Waals surface area contributed by atoms with Gasteiger partial charge in [0.15, 0.2) is 11.3 Å². The van der Waals surface area contributed by atoms with Crippen molar-refractivity contribution in [3.05, 3.63) is 81.7 Å². The maximum absolute atomic E-state index is 14.1. The minimum Gasteiger partial charge on any atom is -0.346 e. The number of imidazole rings is 1. The number of fused-ring (bicyclic) bond motifs is 1. The second-order valence-corrected chi connectivity index (χ2v) is 9.95. The van der Waals surface area contributed by atoms with Crippen molar-refractivity contribution >= 4 is 22.9 Å². The summed E-state index contributed by atoms with van der Waals surface area (Å²) in [7, 11) is 0. The number of amides is 1. The predicted molar refractivity (Wildman–Crippen MR) is 127 cm³/mol. The highest BCUT2D eigenvalue weighted by Crippen LogP contribution is 2.36. The molecule has 0 aliphatic rings. The van der Waals surface area contributed by atoms with Gasteiger partial charge < -0.3 is 5.32 Å². The number of aromatic nitrogens is 2. The van der Waals surface area contributed by atoms with Crippen LogP contribution in [0.4, 0.5) is 17.6 Å². The Kier molecular flexibility index (Phi) is 6.43. The van der Waals surface area contributed by atoms with Crippen LogP contribution in [0.1, 0.15) is 47.4 Å². The first kappa shape index (κ1) is 24.5. The van der Waals surface area contributed by atoms with Crippen molar-refractivity contribution in [1.29, 1.82) is 0 Å². The van der Waals surface area contributed by atoms with E-state index in [2.05, 4.69) is 22.1 Å². The van der Waals surface area contributed by atoms with E-state index in [9.17, 15) is 22.4 Å². The molecule has 0 bridgehead atoms. The minimum atomic E-state index is -4.77. The maximum atomic E-state index is 14.1. The molecule has 0 radical (unpaired) electrons. The Morgan fingerprint density at radius 2 is 1.89 bits per heavy atom. The van der Waals surface area contributed by atoms with Crippen molar-refractivity contribution in [3.63, 3.8) is 0 Å². The number of thiophene rings is 1. The van der Waals surface area contributed by atoms with Crippen LogP contribution >= 0.6 is 11.3 Å². The summed E-state index contributed by atoms with van der Waals surface area (Å²) in [6, 6.07) is 9.86. The van der Waals surface area contributed by atoms with Crippen LogP contribution in [0.15, 0.2) is 54.0 Å². The molecule has 3 heterocycles. The van der Waals surface area contributed by atoms with Crippen molar-refractivity contribution in [2.75, 3.05) is 0 Å². The summed E-state index contributed by atoms with van der Waals surface area (Å²) in [5.41, 5.74) is -1.78. The van der Waals surface area contributed by atoms with Crippen molar-refractivity contribution in [2.24, 2.45) is 5.41 Å². The molecule has 0 atom stereocenters. The molecule has 4 rings (SSSR count). The van der Waals surface area contributed by atoms with E-state index in [1.807, 2.05) is 38.3 Å². The van der Waals surface area contributed by atoms with Gasteiger partial charge in [0.05, 0.1) is 12.1 Å². The largest absolute Gasteiger partial charge is 0.420 e. The molecule has 35 heavy (non-hydrogen) atoms. The molecule has 0 aliphatic carbocycles. The molecule has 0 saturated heterocycles. The average molecular weight is 500 g/mol. The molecule has 3 aromatic heterocycles. The fourth-order valence-electron chi connectivity index (χ4n) is 3.37. The Labute approximate surface area is 203 Å². The van der Waals surface area contributed by atoms with E-state index >= 15 is 0 Å². The van der Waals surface area contributed by atoms with E-state index < -0.39 is 34.5 Å². The summed E-state index contributed by atoms with van der Waals surface area (Å²) in [5.74, 6) is 4.63. The van der Waals surface area contributed by atoms with Crippen molar-refractivity contribution in [3.8, 4) is 23.0 Å². The number of carbonyl (C=O) groups excluding carboxylic acids is 1. The third kappa shape index (κ3) is 5.54. The van der Waals surface area contributed by atoms with E-state index in [1.165, 1.54) is 40.1 Å². The lowest BCUT2D eigenvalue weighted by atomic mass is 9.98. The van der Waals surface area contributed by atoms with Gasteiger partial charge in [-0.15, -0.1) is 11.3 Å². The zero-order valence-corrected chi connectivity index (χ0v) is 19.9. The topological polar surface area (TPSA) is 46.4 Å². The summed E-state index contributed by atoms with van der Waals surface area (Å²) < 4.78 is 57.2. The molecule has 0 saturated carbocycles. The highest BCUT2D eigenvalue weighted by atomic mass is 32.1. The van der Waals surface area contributed by atoms with Gasteiger partial charge in [-0.3, -0.25) is 9.20 Å². The SMILES string of the molecule is CC(C)(C)C#Cc1c(C(=O)NCc2cccs2)nc2c(C(F)(F)F)cc(-c3cccc(F)c3)cn12. The highest BCUT2D eigenvalue weighted by molar-refractivity contribution is 7.09. The van der Waals surface area contributed by atoms with Crippen LogP contribution in [0, 0.1) is 23.1 Å². The minimum absolute atomic E-state index is 0.0300. The summed E-state index contributed by atoms with van der Waals surface area (Å²) in [5, 5.41) is 4.57. The van der Waals surface area contributed by atoms with Crippen LogP contribution in [-0.4, -0.2) is 15.3 Å². The fourth-order valence-corrected chi connectivity index (χ4v) is 4.01. The molecular weight excluding hydrogens is 478 g/mol. The third-order valence-electron chi connectivity index (χ3n) is 4.96. The first-order valence-electron chi connectivity index (χ1n) is 10.7. The van der Waals surface area contributed by atoms with Gasteiger partial charge in [-0.2, -0.15) is 13.2 Å². The zero-order valence-electron chi connectivity index (χ0n) is 19.1. The van der Waals surface area contributed by atoms with E-state index in [4.69, 9.17) is 0 Å². The standard InChI is InChI=1S/C26H21F4N3OS/c1-25(2,3)10-9-21-22(24(34)31-14-19-8-5-11-35-19)32-23-20(26(28,29)30)13-17(15-33(21)23)16-6-4-7-18(27)12-16/h4-8,11-13,15H,14H2,1-3H3,(H,31,34). The second-order valence-electron chi connectivity index (χ2n) is 8.92. The number of halogens is 4. The highest BCUT2D eigenvalue weighted by Gasteiger charge is 2.36. The normalized spacial score (nSPS) is 11.9. The molecular formula is C26H21F4N3OS. The number of hydrogen-bond acceptors (Lipinski definition) is 3. The van der Waals surface area contributed by atoms with Gasteiger partial charge in [-0.1, -0.05) is 24.1 Å².